The van der Waals surface area contributed by atoms with Crippen LogP contribution < -0.4 is 15.5 Å². The molecule has 0 radical (unpaired) electrons. The van der Waals surface area contributed by atoms with E-state index in [1.54, 1.807) is 7.05 Å². The number of guanidine groups is 1. The summed E-state index contributed by atoms with van der Waals surface area (Å²) in [5.41, 5.74) is 0.976. The molecule has 7 heteroatoms. The van der Waals surface area contributed by atoms with Gasteiger partial charge < -0.3 is 20.3 Å². The van der Waals surface area contributed by atoms with E-state index in [0.717, 1.165) is 30.6 Å². The zero-order valence-electron chi connectivity index (χ0n) is 13.2. The highest BCUT2D eigenvalue weighted by Crippen LogP contribution is 2.07. The third kappa shape index (κ3) is 8.05. The van der Waals surface area contributed by atoms with Gasteiger partial charge in [-0.25, -0.2) is 4.98 Å². The summed E-state index contributed by atoms with van der Waals surface area (Å²) in [6.45, 7) is 4.76. The number of halogens is 1. The van der Waals surface area contributed by atoms with E-state index in [4.69, 9.17) is 4.74 Å². The van der Waals surface area contributed by atoms with Gasteiger partial charge in [0.15, 0.2) is 5.96 Å². The van der Waals surface area contributed by atoms with Gasteiger partial charge in [0.05, 0.1) is 18.8 Å². The van der Waals surface area contributed by atoms with Gasteiger partial charge >= 0.3 is 0 Å². The molecule has 2 N–H and O–H groups in total. The number of aliphatic imine (C=N–C) groups is 1. The van der Waals surface area contributed by atoms with E-state index < -0.39 is 0 Å². The summed E-state index contributed by atoms with van der Waals surface area (Å²) in [6.07, 6.45) is 0. The highest BCUT2D eigenvalue weighted by atomic mass is 127. The Morgan fingerprint density at radius 1 is 1.33 bits per heavy atom. The predicted octanol–water partition coefficient (Wildman–Crippen LogP) is 1.47. The SMILES string of the molecule is CCOCCNC(=NC)NCc1cccc(N(C)C)n1.I. The molecule has 0 aromatic carbocycles. The monoisotopic (exact) mass is 407 g/mol. The maximum atomic E-state index is 5.27. The van der Waals surface area contributed by atoms with Crippen molar-refractivity contribution in [3.63, 3.8) is 0 Å². The van der Waals surface area contributed by atoms with Crippen LogP contribution in [0.25, 0.3) is 0 Å². The number of hydrogen-bond donors (Lipinski definition) is 2. The fraction of sp³-hybridized carbons (Fsp3) is 0.571. The number of nitrogens with one attached hydrogen (secondary N) is 2. The molecule has 0 unspecified atom stereocenters. The third-order valence-electron chi connectivity index (χ3n) is 2.65. The quantitative estimate of drug-likeness (QED) is 0.310. The second kappa shape index (κ2) is 11.6. The summed E-state index contributed by atoms with van der Waals surface area (Å²) in [5, 5.41) is 6.42. The third-order valence-corrected chi connectivity index (χ3v) is 2.65. The van der Waals surface area contributed by atoms with Gasteiger partial charge in [-0.05, 0) is 19.1 Å². The number of ether oxygens (including phenoxy) is 1. The molecule has 0 aliphatic rings. The topological polar surface area (TPSA) is 61.8 Å². The minimum Gasteiger partial charge on any atom is -0.380 e. The second-order valence-corrected chi connectivity index (χ2v) is 4.43. The van der Waals surface area contributed by atoms with Crippen molar-refractivity contribution in [2.75, 3.05) is 45.8 Å². The Balaban J connectivity index is 0.00000400. The van der Waals surface area contributed by atoms with Crippen LogP contribution in [0, 0.1) is 0 Å². The van der Waals surface area contributed by atoms with Crippen LogP contribution in [0.15, 0.2) is 23.2 Å². The number of hydrogen-bond acceptors (Lipinski definition) is 4. The zero-order chi connectivity index (χ0) is 14.8. The first-order valence-electron chi connectivity index (χ1n) is 6.83. The first kappa shape index (κ1) is 19.9. The van der Waals surface area contributed by atoms with Crippen LogP contribution in [0.2, 0.25) is 0 Å². The number of pyridine rings is 1. The highest BCUT2D eigenvalue weighted by molar-refractivity contribution is 14.0. The van der Waals surface area contributed by atoms with Crippen LogP contribution >= 0.6 is 24.0 Å². The Kier molecular flexibility index (Phi) is 11.0. The first-order chi connectivity index (χ1) is 9.67. The van der Waals surface area contributed by atoms with Crippen molar-refractivity contribution < 1.29 is 4.74 Å². The van der Waals surface area contributed by atoms with Gasteiger partial charge in [0.1, 0.15) is 5.82 Å². The van der Waals surface area contributed by atoms with Crippen LogP contribution in [-0.4, -0.2) is 51.8 Å². The number of aromatic nitrogens is 1. The van der Waals surface area contributed by atoms with Gasteiger partial charge in [-0.2, -0.15) is 0 Å². The van der Waals surface area contributed by atoms with Gasteiger partial charge in [-0.15, -0.1) is 24.0 Å². The van der Waals surface area contributed by atoms with E-state index in [1.165, 1.54) is 0 Å². The van der Waals surface area contributed by atoms with Gasteiger partial charge in [0, 0.05) is 34.3 Å². The molecule has 0 amide bonds. The summed E-state index contributed by atoms with van der Waals surface area (Å²) in [5.74, 6) is 1.70. The molecule has 21 heavy (non-hydrogen) atoms. The van der Waals surface area contributed by atoms with Crippen molar-refractivity contribution in [2.45, 2.75) is 13.5 Å². The van der Waals surface area contributed by atoms with E-state index >= 15 is 0 Å². The van der Waals surface area contributed by atoms with Crippen molar-refractivity contribution in [3.8, 4) is 0 Å². The molecule has 1 heterocycles. The van der Waals surface area contributed by atoms with Crippen LogP contribution in [0.5, 0.6) is 0 Å². The highest BCUT2D eigenvalue weighted by Gasteiger charge is 2.01. The normalized spacial score (nSPS) is 10.8. The molecule has 1 aromatic rings. The molecule has 120 valence electrons. The maximum absolute atomic E-state index is 5.27. The predicted molar refractivity (Wildman–Crippen MR) is 98.7 cm³/mol. The van der Waals surface area contributed by atoms with Crippen LogP contribution in [0.1, 0.15) is 12.6 Å². The lowest BCUT2D eigenvalue weighted by molar-refractivity contribution is 0.152. The van der Waals surface area contributed by atoms with E-state index in [1.807, 2.05) is 44.1 Å². The fourth-order valence-corrected chi connectivity index (χ4v) is 1.60. The molecule has 1 rings (SSSR count). The van der Waals surface area contributed by atoms with Crippen LogP contribution in [0.4, 0.5) is 5.82 Å². The second-order valence-electron chi connectivity index (χ2n) is 4.43. The average Bonchev–Trinajstić information content (AvgIpc) is 2.47. The van der Waals surface area contributed by atoms with E-state index in [0.29, 0.717) is 13.2 Å². The summed E-state index contributed by atoms with van der Waals surface area (Å²) < 4.78 is 5.27. The number of nitrogens with zero attached hydrogens (tertiary/aromatic N) is 3. The molecule has 0 aliphatic heterocycles. The lowest BCUT2D eigenvalue weighted by atomic mass is 10.3. The molecule has 0 saturated heterocycles. The summed E-state index contributed by atoms with van der Waals surface area (Å²) in [7, 11) is 5.71. The Hall–Kier alpha value is -1.09. The Bertz CT molecular complexity index is 426. The van der Waals surface area contributed by atoms with Gasteiger partial charge in [-0.1, -0.05) is 6.07 Å². The molecule has 0 fully saturated rings. The summed E-state index contributed by atoms with van der Waals surface area (Å²) in [6, 6.07) is 5.98. The van der Waals surface area contributed by atoms with Crippen molar-refractivity contribution in [1.82, 2.24) is 15.6 Å². The van der Waals surface area contributed by atoms with Gasteiger partial charge in [-0.3, -0.25) is 4.99 Å². The lowest BCUT2D eigenvalue weighted by Gasteiger charge is -2.14. The van der Waals surface area contributed by atoms with Crippen LogP contribution in [-0.2, 0) is 11.3 Å². The number of anilines is 1. The molecule has 0 bridgehead atoms. The molecular formula is C14H26IN5O. The molecular weight excluding hydrogens is 381 g/mol. The Morgan fingerprint density at radius 2 is 2.10 bits per heavy atom. The van der Waals surface area contributed by atoms with Gasteiger partial charge in [0.25, 0.3) is 0 Å². The summed E-state index contributed by atoms with van der Waals surface area (Å²) in [4.78, 5) is 10.7. The molecule has 6 nitrogen and oxygen atoms in total. The van der Waals surface area contributed by atoms with Crippen LogP contribution in [0.3, 0.4) is 0 Å². The smallest absolute Gasteiger partial charge is 0.191 e. The molecule has 1 aromatic heterocycles. The number of rotatable bonds is 7. The Morgan fingerprint density at radius 3 is 2.71 bits per heavy atom. The molecule has 0 atom stereocenters. The van der Waals surface area contributed by atoms with E-state index in [2.05, 4.69) is 20.6 Å². The Labute approximate surface area is 144 Å². The molecule has 0 aliphatic carbocycles. The average molecular weight is 407 g/mol. The first-order valence-corrected chi connectivity index (χ1v) is 6.83. The van der Waals surface area contributed by atoms with Crippen molar-refractivity contribution >= 4 is 35.8 Å². The molecule has 0 saturated carbocycles. The van der Waals surface area contributed by atoms with Crippen molar-refractivity contribution in [3.05, 3.63) is 23.9 Å². The zero-order valence-corrected chi connectivity index (χ0v) is 15.5. The standard InChI is InChI=1S/C14H25N5O.HI/c1-5-20-10-9-16-14(15-2)17-11-12-7-6-8-13(18-12)19(3)4;/h6-8H,5,9-11H2,1-4H3,(H2,15,16,17);1H. The fourth-order valence-electron chi connectivity index (χ4n) is 1.60. The van der Waals surface area contributed by atoms with E-state index in [9.17, 15) is 0 Å². The van der Waals surface area contributed by atoms with Crippen molar-refractivity contribution in [2.24, 2.45) is 4.99 Å². The van der Waals surface area contributed by atoms with Gasteiger partial charge in [0.2, 0.25) is 0 Å². The van der Waals surface area contributed by atoms with Crippen molar-refractivity contribution in [1.29, 1.82) is 0 Å². The largest absolute Gasteiger partial charge is 0.380 e. The maximum Gasteiger partial charge on any atom is 0.191 e. The molecule has 0 spiro atoms. The van der Waals surface area contributed by atoms with E-state index in [-0.39, 0.29) is 24.0 Å². The minimum atomic E-state index is 0. The minimum absolute atomic E-state index is 0. The summed E-state index contributed by atoms with van der Waals surface area (Å²) >= 11 is 0. The lowest BCUT2D eigenvalue weighted by Crippen LogP contribution is -2.38.